The second-order valence-electron chi connectivity index (χ2n) is 3.43. The molecule has 90 valence electrons. The summed E-state index contributed by atoms with van der Waals surface area (Å²) in [5.74, 6) is 0. The Morgan fingerprint density at radius 1 is 1.56 bits per heavy atom. The van der Waals surface area contributed by atoms with Crippen LogP contribution < -0.4 is 5.32 Å². The predicted molar refractivity (Wildman–Crippen MR) is 65.6 cm³/mol. The monoisotopic (exact) mass is 242 g/mol. The quantitative estimate of drug-likeness (QED) is 0.827. The maximum absolute atomic E-state index is 11.6. The molecule has 1 heterocycles. The predicted octanol–water partition coefficient (Wildman–Crippen LogP) is 1.83. The molecule has 0 aliphatic heterocycles. The molecule has 1 unspecified atom stereocenters. The number of carbonyl (C=O) groups excluding carboxylic acids is 1. The van der Waals surface area contributed by atoms with E-state index in [1.165, 1.54) is 11.3 Å². The van der Waals surface area contributed by atoms with Gasteiger partial charge in [-0.25, -0.2) is 4.79 Å². The molecular weight excluding hydrogens is 224 g/mol. The van der Waals surface area contributed by atoms with E-state index in [1.807, 2.05) is 30.7 Å². The van der Waals surface area contributed by atoms with Gasteiger partial charge in [-0.15, -0.1) is 0 Å². The number of nitrogens with zero attached hydrogens (tertiary/aromatic N) is 1. The van der Waals surface area contributed by atoms with E-state index >= 15 is 0 Å². The maximum atomic E-state index is 11.6. The van der Waals surface area contributed by atoms with Gasteiger partial charge < -0.3 is 15.3 Å². The lowest BCUT2D eigenvalue weighted by Gasteiger charge is -2.20. The Bertz CT molecular complexity index is 310. The molecule has 4 nitrogen and oxygen atoms in total. The first kappa shape index (κ1) is 13.0. The molecule has 0 aliphatic rings. The molecule has 0 saturated heterocycles. The van der Waals surface area contributed by atoms with E-state index in [4.69, 9.17) is 0 Å². The lowest BCUT2D eigenvalue weighted by atomic mass is 10.2. The first-order valence-electron chi connectivity index (χ1n) is 5.42. The molecule has 0 aliphatic carbocycles. The molecule has 1 aromatic rings. The fourth-order valence-electron chi connectivity index (χ4n) is 1.39. The van der Waals surface area contributed by atoms with E-state index in [2.05, 4.69) is 5.32 Å². The van der Waals surface area contributed by atoms with Crippen LogP contribution in [0.3, 0.4) is 0 Å². The molecule has 0 aromatic carbocycles. The number of rotatable bonds is 5. The van der Waals surface area contributed by atoms with Crippen molar-refractivity contribution in [3.63, 3.8) is 0 Å². The Morgan fingerprint density at radius 3 is 2.75 bits per heavy atom. The SMILES string of the molecule is CCN(CC)C(=O)NCC(O)c1ccsc1. The van der Waals surface area contributed by atoms with Gasteiger partial charge in [0.25, 0.3) is 0 Å². The van der Waals surface area contributed by atoms with Crippen molar-refractivity contribution in [1.82, 2.24) is 10.2 Å². The third-order valence-electron chi connectivity index (χ3n) is 2.43. The van der Waals surface area contributed by atoms with Crippen molar-refractivity contribution in [3.05, 3.63) is 22.4 Å². The van der Waals surface area contributed by atoms with Gasteiger partial charge in [0, 0.05) is 19.6 Å². The van der Waals surface area contributed by atoms with Gasteiger partial charge in [-0.3, -0.25) is 0 Å². The molecular formula is C11H18N2O2S. The van der Waals surface area contributed by atoms with E-state index in [0.717, 1.165) is 5.56 Å². The smallest absolute Gasteiger partial charge is 0.317 e. The fraction of sp³-hybridized carbons (Fsp3) is 0.545. The van der Waals surface area contributed by atoms with Crippen LogP contribution in [0.1, 0.15) is 25.5 Å². The number of urea groups is 1. The number of amides is 2. The van der Waals surface area contributed by atoms with E-state index in [-0.39, 0.29) is 12.6 Å². The van der Waals surface area contributed by atoms with E-state index in [1.54, 1.807) is 4.90 Å². The van der Waals surface area contributed by atoms with Gasteiger partial charge in [0.1, 0.15) is 0 Å². The lowest BCUT2D eigenvalue weighted by molar-refractivity contribution is 0.164. The van der Waals surface area contributed by atoms with Gasteiger partial charge in [-0.1, -0.05) is 0 Å². The average Bonchev–Trinajstić information content (AvgIpc) is 2.81. The zero-order valence-corrected chi connectivity index (χ0v) is 10.5. The van der Waals surface area contributed by atoms with E-state index in [0.29, 0.717) is 13.1 Å². The minimum atomic E-state index is -0.620. The normalized spacial score (nSPS) is 12.2. The highest BCUT2D eigenvalue weighted by Gasteiger charge is 2.12. The Labute approximate surface area is 99.9 Å². The highest BCUT2D eigenvalue weighted by molar-refractivity contribution is 7.07. The molecule has 2 amide bonds. The molecule has 0 bridgehead atoms. The molecule has 0 radical (unpaired) electrons. The van der Waals surface area contributed by atoms with Crippen molar-refractivity contribution >= 4 is 17.4 Å². The van der Waals surface area contributed by atoms with Crippen molar-refractivity contribution in [2.75, 3.05) is 19.6 Å². The van der Waals surface area contributed by atoms with Gasteiger partial charge in [0.05, 0.1) is 6.10 Å². The van der Waals surface area contributed by atoms with E-state index in [9.17, 15) is 9.90 Å². The molecule has 0 spiro atoms. The van der Waals surface area contributed by atoms with Gasteiger partial charge in [0.15, 0.2) is 0 Å². The number of hydrogen-bond acceptors (Lipinski definition) is 3. The van der Waals surface area contributed by atoms with Crippen LogP contribution >= 0.6 is 11.3 Å². The standard InChI is InChI=1S/C11H18N2O2S/c1-3-13(4-2)11(15)12-7-10(14)9-5-6-16-8-9/h5-6,8,10,14H,3-4,7H2,1-2H3,(H,12,15). The topological polar surface area (TPSA) is 52.6 Å². The number of carbonyl (C=O) groups is 1. The second kappa shape index (κ2) is 6.50. The molecule has 0 fully saturated rings. The Kier molecular flexibility index (Phi) is 5.28. The number of hydrogen-bond donors (Lipinski definition) is 2. The lowest BCUT2D eigenvalue weighted by Crippen LogP contribution is -2.41. The first-order valence-corrected chi connectivity index (χ1v) is 6.36. The molecule has 2 N–H and O–H groups in total. The van der Waals surface area contributed by atoms with Crippen LogP contribution in [0.4, 0.5) is 4.79 Å². The van der Waals surface area contributed by atoms with Crippen LogP contribution in [0.25, 0.3) is 0 Å². The summed E-state index contributed by atoms with van der Waals surface area (Å²) in [4.78, 5) is 13.3. The average molecular weight is 242 g/mol. The zero-order chi connectivity index (χ0) is 12.0. The van der Waals surface area contributed by atoms with Crippen LogP contribution in [0.2, 0.25) is 0 Å². The third kappa shape index (κ3) is 3.50. The summed E-state index contributed by atoms with van der Waals surface area (Å²) in [7, 11) is 0. The van der Waals surface area contributed by atoms with Gasteiger partial charge in [-0.2, -0.15) is 11.3 Å². The number of nitrogens with one attached hydrogen (secondary N) is 1. The molecule has 1 atom stereocenters. The van der Waals surface area contributed by atoms with Crippen LogP contribution in [0.15, 0.2) is 16.8 Å². The Balaban J connectivity index is 2.37. The number of aliphatic hydroxyl groups is 1. The van der Waals surface area contributed by atoms with E-state index < -0.39 is 6.10 Å². The Hall–Kier alpha value is -1.07. The number of aliphatic hydroxyl groups excluding tert-OH is 1. The molecule has 5 heteroatoms. The first-order chi connectivity index (χ1) is 7.69. The zero-order valence-electron chi connectivity index (χ0n) is 9.64. The van der Waals surface area contributed by atoms with Gasteiger partial charge in [0.2, 0.25) is 0 Å². The van der Waals surface area contributed by atoms with Crippen LogP contribution in [-0.4, -0.2) is 35.7 Å². The highest BCUT2D eigenvalue weighted by atomic mass is 32.1. The molecule has 16 heavy (non-hydrogen) atoms. The van der Waals surface area contributed by atoms with Crippen molar-refractivity contribution < 1.29 is 9.90 Å². The van der Waals surface area contributed by atoms with Crippen LogP contribution in [-0.2, 0) is 0 Å². The largest absolute Gasteiger partial charge is 0.387 e. The summed E-state index contributed by atoms with van der Waals surface area (Å²) in [6.07, 6.45) is -0.620. The molecule has 0 saturated carbocycles. The minimum Gasteiger partial charge on any atom is -0.387 e. The molecule has 1 aromatic heterocycles. The number of thiophene rings is 1. The minimum absolute atomic E-state index is 0.126. The summed E-state index contributed by atoms with van der Waals surface area (Å²) in [6.45, 7) is 5.47. The van der Waals surface area contributed by atoms with Crippen molar-refractivity contribution in [2.45, 2.75) is 20.0 Å². The highest BCUT2D eigenvalue weighted by Crippen LogP contribution is 2.14. The fourth-order valence-corrected chi connectivity index (χ4v) is 2.10. The molecule has 1 rings (SSSR count). The summed E-state index contributed by atoms with van der Waals surface area (Å²) >= 11 is 1.53. The van der Waals surface area contributed by atoms with Gasteiger partial charge in [-0.05, 0) is 36.2 Å². The summed E-state index contributed by atoms with van der Waals surface area (Å²) < 4.78 is 0. The van der Waals surface area contributed by atoms with Crippen molar-refractivity contribution in [1.29, 1.82) is 0 Å². The van der Waals surface area contributed by atoms with Gasteiger partial charge >= 0.3 is 6.03 Å². The third-order valence-corrected chi connectivity index (χ3v) is 3.13. The summed E-state index contributed by atoms with van der Waals surface area (Å²) in [6, 6.07) is 1.73. The van der Waals surface area contributed by atoms with Crippen LogP contribution in [0.5, 0.6) is 0 Å². The summed E-state index contributed by atoms with van der Waals surface area (Å²) in [5, 5.41) is 16.3. The van der Waals surface area contributed by atoms with Crippen molar-refractivity contribution in [3.8, 4) is 0 Å². The Morgan fingerprint density at radius 2 is 2.25 bits per heavy atom. The maximum Gasteiger partial charge on any atom is 0.317 e. The van der Waals surface area contributed by atoms with Crippen LogP contribution in [0, 0.1) is 0 Å². The summed E-state index contributed by atoms with van der Waals surface area (Å²) in [5.41, 5.74) is 0.852. The second-order valence-corrected chi connectivity index (χ2v) is 4.21. The van der Waals surface area contributed by atoms with Crippen molar-refractivity contribution in [2.24, 2.45) is 0 Å².